The van der Waals surface area contributed by atoms with Crippen molar-refractivity contribution in [1.82, 2.24) is 9.88 Å². The third-order valence-corrected chi connectivity index (χ3v) is 5.11. The van der Waals surface area contributed by atoms with Crippen LogP contribution < -0.4 is 0 Å². The average Bonchev–Trinajstić information content (AvgIpc) is 3.20. The van der Waals surface area contributed by atoms with E-state index in [9.17, 15) is 4.79 Å². The number of thioether (sulfide) groups is 1. The lowest BCUT2D eigenvalue weighted by atomic mass is 10.1. The fourth-order valence-electron chi connectivity index (χ4n) is 2.58. The highest BCUT2D eigenvalue weighted by Gasteiger charge is 2.32. The molecule has 0 radical (unpaired) electrons. The van der Waals surface area contributed by atoms with E-state index in [-0.39, 0.29) is 5.91 Å². The van der Waals surface area contributed by atoms with Gasteiger partial charge in [-0.05, 0) is 35.9 Å². The number of fused-ring (bicyclic) bond motifs is 1. The molecule has 1 amide bonds. The molecule has 1 aromatic carbocycles. The minimum absolute atomic E-state index is 0.0951. The Hall–Kier alpha value is -2.44. The van der Waals surface area contributed by atoms with Crippen molar-refractivity contribution in [1.29, 1.82) is 0 Å². The highest BCUT2D eigenvalue weighted by atomic mass is 32.2. The average molecular weight is 352 g/mol. The number of hydrogen-bond donors (Lipinski definition) is 0. The molecule has 1 saturated heterocycles. The van der Waals surface area contributed by atoms with Crippen molar-refractivity contribution in [2.75, 3.05) is 0 Å². The summed E-state index contributed by atoms with van der Waals surface area (Å²) in [5, 5.41) is 1.01. The summed E-state index contributed by atoms with van der Waals surface area (Å²) >= 11 is 6.67. The normalized spacial score (nSPS) is 16.5. The number of benzene rings is 1. The highest BCUT2D eigenvalue weighted by molar-refractivity contribution is 8.26. The Kier molecular flexibility index (Phi) is 3.92. The van der Waals surface area contributed by atoms with Crippen LogP contribution in [0.15, 0.2) is 64.2 Å². The molecule has 118 valence electrons. The second kappa shape index (κ2) is 6.22. The number of nitrogens with zero attached hydrogens (tertiary/aromatic N) is 2. The van der Waals surface area contributed by atoms with Crippen LogP contribution in [0.1, 0.15) is 11.3 Å². The van der Waals surface area contributed by atoms with Crippen molar-refractivity contribution < 1.29 is 9.21 Å². The standard InChI is InChI=1S/C18H12N2O2S2/c21-17-16(24-18(23)20(17)11-13-4-3-9-22-13)10-12-7-8-19-15-6-2-1-5-14(12)15/h1-10H,11H2/b16-10-. The molecular formula is C18H12N2O2S2. The van der Waals surface area contributed by atoms with Crippen molar-refractivity contribution in [2.45, 2.75) is 6.54 Å². The molecule has 0 bridgehead atoms. The lowest BCUT2D eigenvalue weighted by Crippen LogP contribution is -2.27. The minimum atomic E-state index is -0.0951. The molecule has 4 rings (SSSR count). The van der Waals surface area contributed by atoms with Crippen LogP contribution in [0.2, 0.25) is 0 Å². The number of furan rings is 1. The lowest BCUT2D eigenvalue weighted by molar-refractivity contribution is -0.122. The first-order valence-electron chi connectivity index (χ1n) is 7.34. The van der Waals surface area contributed by atoms with Gasteiger partial charge >= 0.3 is 0 Å². The van der Waals surface area contributed by atoms with E-state index in [1.54, 1.807) is 23.4 Å². The van der Waals surface area contributed by atoms with Crippen LogP contribution in [-0.4, -0.2) is 20.1 Å². The maximum Gasteiger partial charge on any atom is 0.266 e. The number of aromatic nitrogens is 1. The first-order valence-corrected chi connectivity index (χ1v) is 8.56. The first kappa shape index (κ1) is 15.1. The zero-order valence-electron chi connectivity index (χ0n) is 12.5. The number of thiocarbonyl (C=S) groups is 1. The zero-order valence-corrected chi connectivity index (χ0v) is 14.1. The molecule has 0 unspecified atom stereocenters. The van der Waals surface area contributed by atoms with Crippen LogP contribution in [0.5, 0.6) is 0 Å². The molecule has 2 aromatic heterocycles. The molecule has 0 aliphatic carbocycles. The Morgan fingerprint density at radius 2 is 2.08 bits per heavy atom. The molecule has 3 aromatic rings. The van der Waals surface area contributed by atoms with Crippen molar-refractivity contribution >= 4 is 51.2 Å². The van der Waals surface area contributed by atoms with E-state index >= 15 is 0 Å². The summed E-state index contributed by atoms with van der Waals surface area (Å²) in [6.07, 6.45) is 5.22. The number of carbonyl (C=O) groups excluding carboxylic acids is 1. The van der Waals surface area contributed by atoms with Gasteiger partial charge in [0.25, 0.3) is 5.91 Å². The summed E-state index contributed by atoms with van der Waals surface area (Å²) in [4.78, 5) is 19.2. The van der Waals surface area contributed by atoms with E-state index < -0.39 is 0 Å². The third kappa shape index (κ3) is 2.74. The molecule has 0 spiro atoms. The number of carbonyl (C=O) groups is 1. The van der Waals surface area contributed by atoms with Crippen LogP contribution in [-0.2, 0) is 11.3 Å². The van der Waals surface area contributed by atoms with Gasteiger partial charge in [-0.25, -0.2) is 0 Å². The Morgan fingerprint density at radius 3 is 2.92 bits per heavy atom. The van der Waals surface area contributed by atoms with E-state index in [1.807, 2.05) is 42.5 Å². The third-order valence-electron chi connectivity index (χ3n) is 3.74. The predicted molar refractivity (Wildman–Crippen MR) is 99.2 cm³/mol. The SMILES string of the molecule is O=C1/C(=C/c2ccnc3ccccc23)SC(=S)N1Cc1ccco1. The Balaban J connectivity index is 1.68. The van der Waals surface area contributed by atoms with Gasteiger partial charge in [0.2, 0.25) is 0 Å². The summed E-state index contributed by atoms with van der Waals surface area (Å²) in [6, 6.07) is 13.4. The molecule has 0 N–H and O–H groups in total. The topological polar surface area (TPSA) is 46.3 Å². The Labute approximate surface area is 148 Å². The predicted octanol–water partition coefficient (Wildman–Crippen LogP) is 4.23. The van der Waals surface area contributed by atoms with Crippen LogP contribution in [0.3, 0.4) is 0 Å². The van der Waals surface area contributed by atoms with Gasteiger partial charge in [0.1, 0.15) is 10.1 Å². The maximum absolute atomic E-state index is 12.7. The molecule has 4 nitrogen and oxygen atoms in total. The van der Waals surface area contributed by atoms with E-state index in [4.69, 9.17) is 16.6 Å². The van der Waals surface area contributed by atoms with Crippen LogP contribution in [0, 0.1) is 0 Å². The van der Waals surface area contributed by atoms with Crippen molar-refractivity contribution in [3.05, 3.63) is 71.2 Å². The number of pyridine rings is 1. The quantitative estimate of drug-likeness (QED) is 0.521. The number of rotatable bonds is 3. The molecular weight excluding hydrogens is 340 g/mol. The van der Waals surface area contributed by atoms with Gasteiger partial charge in [-0.3, -0.25) is 14.7 Å². The molecule has 3 heterocycles. The number of hydrogen-bond acceptors (Lipinski definition) is 5. The summed E-state index contributed by atoms with van der Waals surface area (Å²) in [5.41, 5.74) is 1.86. The summed E-state index contributed by atoms with van der Waals surface area (Å²) in [6.45, 7) is 0.353. The molecule has 24 heavy (non-hydrogen) atoms. The molecule has 1 fully saturated rings. The van der Waals surface area contributed by atoms with Crippen molar-refractivity contribution in [2.24, 2.45) is 0 Å². The lowest BCUT2D eigenvalue weighted by Gasteiger charge is -2.12. The van der Waals surface area contributed by atoms with Gasteiger partial charge < -0.3 is 4.42 Å². The fourth-order valence-corrected chi connectivity index (χ4v) is 3.83. The molecule has 6 heteroatoms. The van der Waals surface area contributed by atoms with Crippen LogP contribution in [0.4, 0.5) is 0 Å². The number of para-hydroxylation sites is 1. The van der Waals surface area contributed by atoms with E-state index in [1.165, 1.54) is 11.8 Å². The molecule has 1 aliphatic rings. The van der Waals surface area contributed by atoms with Gasteiger partial charge in [-0.2, -0.15) is 0 Å². The largest absolute Gasteiger partial charge is 0.467 e. The van der Waals surface area contributed by atoms with Crippen molar-refractivity contribution in [3.63, 3.8) is 0 Å². The fraction of sp³-hybridized carbons (Fsp3) is 0.0556. The van der Waals surface area contributed by atoms with Crippen LogP contribution >= 0.6 is 24.0 Å². The summed E-state index contributed by atoms with van der Waals surface area (Å²) < 4.78 is 5.86. The molecule has 0 saturated carbocycles. The monoisotopic (exact) mass is 352 g/mol. The first-order chi connectivity index (χ1) is 11.7. The Bertz CT molecular complexity index is 959. The maximum atomic E-state index is 12.7. The molecule has 0 atom stereocenters. The van der Waals surface area contributed by atoms with Gasteiger partial charge in [0.05, 0.1) is 23.2 Å². The summed E-state index contributed by atoms with van der Waals surface area (Å²) in [7, 11) is 0. The zero-order chi connectivity index (χ0) is 16.5. The van der Waals surface area contributed by atoms with Crippen LogP contribution in [0.25, 0.3) is 17.0 Å². The second-order valence-corrected chi connectivity index (χ2v) is 6.94. The van der Waals surface area contributed by atoms with Gasteiger partial charge in [0, 0.05) is 11.6 Å². The van der Waals surface area contributed by atoms with Gasteiger partial charge in [-0.15, -0.1) is 0 Å². The van der Waals surface area contributed by atoms with E-state index in [0.29, 0.717) is 21.5 Å². The smallest absolute Gasteiger partial charge is 0.266 e. The molecule has 1 aliphatic heterocycles. The van der Waals surface area contributed by atoms with E-state index in [0.717, 1.165) is 16.5 Å². The van der Waals surface area contributed by atoms with Crippen molar-refractivity contribution in [3.8, 4) is 0 Å². The number of amides is 1. The van der Waals surface area contributed by atoms with Gasteiger partial charge in [0.15, 0.2) is 0 Å². The van der Waals surface area contributed by atoms with Gasteiger partial charge in [-0.1, -0.05) is 42.2 Å². The Morgan fingerprint density at radius 1 is 1.21 bits per heavy atom. The second-order valence-electron chi connectivity index (χ2n) is 5.26. The highest BCUT2D eigenvalue weighted by Crippen LogP contribution is 2.34. The minimum Gasteiger partial charge on any atom is -0.467 e. The van der Waals surface area contributed by atoms with E-state index in [2.05, 4.69) is 4.98 Å². The summed E-state index contributed by atoms with van der Waals surface area (Å²) in [5.74, 6) is 0.615.